The van der Waals surface area contributed by atoms with Gasteiger partial charge in [-0.2, -0.15) is 15.5 Å². The number of nitrogens with zero attached hydrogens (tertiary/aromatic N) is 7. The van der Waals surface area contributed by atoms with Gasteiger partial charge in [0.1, 0.15) is 5.82 Å². The van der Waals surface area contributed by atoms with Gasteiger partial charge in [-0.3, -0.25) is 10.00 Å². The minimum atomic E-state index is 0.331. The van der Waals surface area contributed by atoms with E-state index in [-0.39, 0.29) is 0 Å². The van der Waals surface area contributed by atoms with E-state index in [1.807, 2.05) is 26.1 Å². The number of rotatable bonds is 6. The highest BCUT2D eigenvalue weighted by Crippen LogP contribution is 2.37. The second-order valence-electron chi connectivity index (χ2n) is 8.31. The average molecular weight is 406 g/mol. The number of nitrogens with one attached hydrogen (secondary N) is 3. The van der Waals surface area contributed by atoms with Gasteiger partial charge in [0, 0.05) is 42.9 Å². The molecule has 2 aliphatic rings. The van der Waals surface area contributed by atoms with Crippen LogP contribution in [0.1, 0.15) is 43.6 Å². The lowest BCUT2D eigenvalue weighted by Crippen LogP contribution is -2.47. The second-order valence-corrected chi connectivity index (χ2v) is 8.31. The van der Waals surface area contributed by atoms with Crippen molar-refractivity contribution < 1.29 is 0 Å². The van der Waals surface area contributed by atoms with Gasteiger partial charge in [0.15, 0.2) is 23.1 Å². The molecule has 2 saturated heterocycles. The van der Waals surface area contributed by atoms with Crippen LogP contribution >= 0.6 is 0 Å². The van der Waals surface area contributed by atoms with Gasteiger partial charge in [0.25, 0.3) is 0 Å². The highest BCUT2D eigenvalue weighted by atomic mass is 15.3. The molecule has 10 heteroatoms. The summed E-state index contributed by atoms with van der Waals surface area (Å²) in [5.74, 6) is 2.82. The van der Waals surface area contributed by atoms with Gasteiger partial charge < -0.3 is 10.6 Å². The summed E-state index contributed by atoms with van der Waals surface area (Å²) in [6.45, 7) is 4.72. The fourth-order valence-electron chi connectivity index (χ4n) is 4.90. The molecule has 10 nitrogen and oxygen atoms in total. The Labute approximate surface area is 174 Å². The summed E-state index contributed by atoms with van der Waals surface area (Å²) in [5.41, 5.74) is 1.71. The molecule has 1 unspecified atom stereocenters. The van der Waals surface area contributed by atoms with Crippen LogP contribution in [-0.4, -0.2) is 59.3 Å². The van der Waals surface area contributed by atoms with E-state index in [1.54, 1.807) is 4.52 Å². The molecular formula is C20H26N10. The monoisotopic (exact) mass is 406 g/mol. The van der Waals surface area contributed by atoms with E-state index in [4.69, 9.17) is 10.2 Å². The van der Waals surface area contributed by atoms with Crippen molar-refractivity contribution in [1.82, 2.24) is 34.7 Å². The summed E-state index contributed by atoms with van der Waals surface area (Å²) >= 11 is 0. The van der Waals surface area contributed by atoms with Crippen LogP contribution in [0.25, 0.3) is 5.65 Å². The van der Waals surface area contributed by atoms with Gasteiger partial charge in [-0.1, -0.05) is 0 Å². The number of aryl methyl sites for hydroxylation is 2. The molecule has 2 fully saturated rings. The fourth-order valence-corrected chi connectivity index (χ4v) is 4.90. The molecule has 2 bridgehead atoms. The molecule has 2 aliphatic heterocycles. The first kappa shape index (κ1) is 18.8. The highest BCUT2D eigenvalue weighted by molar-refractivity contribution is 5.67. The summed E-state index contributed by atoms with van der Waals surface area (Å²) < 4.78 is 1.77. The molecule has 5 rings (SSSR count). The van der Waals surface area contributed by atoms with E-state index in [2.05, 4.69) is 41.9 Å². The first-order valence-electron chi connectivity index (χ1n) is 10.5. The van der Waals surface area contributed by atoms with Gasteiger partial charge in [0.05, 0.1) is 12.3 Å². The van der Waals surface area contributed by atoms with Crippen molar-refractivity contribution in [3.05, 3.63) is 23.8 Å². The lowest BCUT2D eigenvalue weighted by molar-refractivity contribution is 0.136. The van der Waals surface area contributed by atoms with Crippen LogP contribution < -0.4 is 10.6 Å². The van der Waals surface area contributed by atoms with Crippen molar-refractivity contribution in [2.45, 2.75) is 64.1 Å². The molecule has 156 valence electrons. The number of nitriles is 1. The standard InChI is InChI=1S/C20H26N10/c1-12-8-17(27-26-12)24-18-11-30-20(22-13(2)28-30)19(25-18)23-14-9-15-4-5-16(10-14)29(15)7-3-6-21/h8,11,14-16H,3-5,7,9-10H2,1-2H3,(H,23,25)(H2,24,26,27)/t14-,15-,16?/m0/s1. The maximum Gasteiger partial charge on any atom is 0.198 e. The molecule has 0 aliphatic carbocycles. The van der Waals surface area contributed by atoms with Gasteiger partial charge in [-0.15, -0.1) is 0 Å². The topological polar surface area (TPSA) is 123 Å². The van der Waals surface area contributed by atoms with Crippen LogP contribution in [0.15, 0.2) is 12.3 Å². The van der Waals surface area contributed by atoms with Crippen LogP contribution in [0.2, 0.25) is 0 Å². The number of aromatic nitrogens is 6. The zero-order valence-corrected chi connectivity index (χ0v) is 17.3. The molecule has 0 saturated carbocycles. The van der Waals surface area contributed by atoms with Gasteiger partial charge >= 0.3 is 0 Å². The first-order valence-corrected chi connectivity index (χ1v) is 10.5. The van der Waals surface area contributed by atoms with Crippen molar-refractivity contribution in [3.63, 3.8) is 0 Å². The zero-order valence-electron chi connectivity index (χ0n) is 17.3. The van der Waals surface area contributed by atoms with Crippen molar-refractivity contribution in [2.75, 3.05) is 17.2 Å². The number of hydrogen-bond acceptors (Lipinski definition) is 8. The van der Waals surface area contributed by atoms with Crippen LogP contribution in [0.4, 0.5) is 17.5 Å². The van der Waals surface area contributed by atoms with Crippen LogP contribution in [0.5, 0.6) is 0 Å². The molecule has 3 aromatic heterocycles. The number of H-pyrrole nitrogens is 1. The number of piperidine rings is 1. The molecule has 0 radical (unpaired) electrons. The molecule has 30 heavy (non-hydrogen) atoms. The number of anilines is 3. The van der Waals surface area contributed by atoms with E-state index in [9.17, 15) is 0 Å². The Balaban J connectivity index is 1.38. The molecule has 3 aromatic rings. The Morgan fingerprint density at radius 1 is 1.20 bits per heavy atom. The van der Waals surface area contributed by atoms with Gasteiger partial charge in [0.2, 0.25) is 0 Å². The lowest BCUT2D eigenvalue weighted by atomic mass is 9.97. The van der Waals surface area contributed by atoms with E-state index in [0.717, 1.165) is 36.5 Å². The third kappa shape index (κ3) is 3.57. The van der Waals surface area contributed by atoms with Crippen molar-refractivity contribution >= 4 is 23.1 Å². The van der Waals surface area contributed by atoms with E-state index >= 15 is 0 Å². The SMILES string of the molecule is Cc1nc2c(N[C@@H]3CC4CC[C@@H](C3)N4CCC#N)nc(Nc3cc(C)[nH]n3)cn2n1. The molecule has 0 spiro atoms. The van der Waals surface area contributed by atoms with Gasteiger partial charge in [-0.25, -0.2) is 14.5 Å². The first-order chi connectivity index (χ1) is 14.6. The number of aromatic amines is 1. The molecule has 3 atom stereocenters. The van der Waals surface area contributed by atoms with Crippen LogP contribution in [0.3, 0.4) is 0 Å². The number of fused-ring (bicyclic) bond motifs is 3. The average Bonchev–Trinajstić information content (AvgIpc) is 3.35. The Morgan fingerprint density at radius 2 is 2.00 bits per heavy atom. The Morgan fingerprint density at radius 3 is 2.70 bits per heavy atom. The molecular weight excluding hydrogens is 380 g/mol. The lowest BCUT2D eigenvalue weighted by Gasteiger charge is -2.39. The predicted octanol–water partition coefficient (Wildman–Crippen LogP) is 2.53. The quantitative estimate of drug-likeness (QED) is 0.571. The fraction of sp³-hybridized carbons (Fsp3) is 0.550. The minimum absolute atomic E-state index is 0.331. The zero-order chi connectivity index (χ0) is 20.7. The van der Waals surface area contributed by atoms with Gasteiger partial charge in [-0.05, 0) is 39.5 Å². The second kappa shape index (κ2) is 7.57. The predicted molar refractivity (Wildman–Crippen MR) is 113 cm³/mol. The third-order valence-electron chi connectivity index (χ3n) is 6.09. The molecule has 5 heterocycles. The largest absolute Gasteiger partial charge is 0.364 e. The Bertz CT molecular complexity index is 1080. The molecule has 0 aromatic carbocycles. The minimum Gasteiger partial charge on any atom is -0.364 e. The van der Waals surface area contributed by atoms with Crippen molar-refractivity contribution in [3.8, 4) is 6.07 Å². The van der Waals surface area contributed by atoms with E-state index < -0.39 is 0 Å². The highest BCUT2D eigenvalue weighted by Gasteiger charge is 2.40. The van der Waals surface area contributed by atoms with Crippen LogP contribution in [0, 0.1) is 25.2 Å². The molecule has 3 N–H and O–H groups in total. The third-order valence-corrected chi connectivity index (χ3v) is 6.09. The Hall–Kier alpha value is -3.19. The van der Waals surface area contributed by atoms with Crippen molar-refractivity contribution in [1.29, 1.82) is 5.26 Å². The summed E-state index contributed by atoms with van der Waals surface area (Å²) in [7, 11) is 0. The summed E-state index contributed by atoms with van der Waals surface area (Å²) in [5, 5.41) is 27.5. The number of hydrogen-bond donors (Lipinski definition) is 3. The Kier molecular flexibility index (Phi) is 4.75. The molecule has 0 amide bonds. The van der Waals surface area contributed by atoms with Crippen LogP contribution in [-0.2, 0) is 0 Å². The summed E-state index contributed by atoms with van der Waals surface area (Å²) in [6.07, 6.45) is 6.96. The normalized spacial score (nSPS) is 23.6. The maximum atomic E-state index is 8.95. The van der Waals surface area contributed by atoms with E-state index in [0.29, 0.717) is 42.0 Å². The van der Waals surface area contributed by atoms with Crippen molar-refractivity contribution in [2.24, 2.45) is 0 Å². The van der Waals surface area contributed by atoms with E-state index in [1.165, 1.54) is 12.8 Å². The maximum absolute atomic E-state index is 8.95. The smallest absolute Gasteiger partial charge is 0.198 e. The summed E-state index contributed by atoms with van der Waals surface area (Å²) in [4.78, 5) is 11.9. The summed E-state index contributed by atoms with van der Waals surface area (Å²) in [6, 6.07) is 5.63.